The van der Waals surface area contributed by atoms with Crippen molar-refractivity contribution in [3.05, 3.63) is 64.9 Å². The average molecular weight is 602 g/mol. The third-order valence-electron chi connectivity index (χ3n) is 7.67. The molecule has 2 aliphatic rings. The number of para-hydroxylation sites is 1. The molecule has 2 aromatic carbocycles. The lowest BCUT2D eigenvalue weighted by Gasteiger charge is -2.34. The van der Waals surface area contributed by atoms with Gasteiger partial charge in [-0.2, -0.15) is 0 Å². The van der Waals surface area contributed by atoms with Gasteiger partial charge in [0.1, 0.15) is 5.82 Å². The van der Waals surface area contributed by atoms with E-state index < -0.39 is 29.7 Å². The van der Waals surface area contributed by atoms with E-state index in [2.05, 4.69) is 4.74 Å². The van der Waals surface area contributed by atoms with Crippen LogP contribution in [-0.4, -0.2) is 63.9 Å². The van der Waals surface area contributed by atoms with Crippen LogP contribution in [0, 0.1) is 17.6 Å². The first-order chi connectivity index (χ1) is 19.0. The molecule has 1 amide bonds. The number of halogens is 6. The molecule has 5 rings (SSSR count). The molecule has 1 N–H and O–H groups in total. The van der Waals surface area contributed by atoms with Gasteiger partial charge in [-0.05, 0) is 67.6 Å². The predicted molar refractivity (Wildman–Crippen MR) is 142 cm³/mol. The van der Waals surface area contributed by atoms with Crippen molar-refractivity contribution >= 4 is 35.2 Å². The van der Waals surface area contributed by atoms with Gasteiger partial charge in [0.15, 0.2) is 11.6 Å². The number of alkyl halides is 3. The van der Waals surface area contributed by atoms with Crippen molar-refractivity contribution < 1.29 is 41.4 Å². The molecular weight excluding hydrogens is 573 g/mol. The van der Waals surface area contributed by atoms with Gasteiger partial charge in [0.25, 0.3) is 0 Å². The number of amides is 1. The molecule has 222 valence electrons. The molecule has 3 heterocycles. The fraction of sp³-hybridized carbons (Fsp3) is 0.429. The quantitative estimate of drug-likeness (QED) is 0.369. The molecule has 1 aromatic heterocycles. The van der Waals surface area contributed by atoms with Crippen molar-refractivity contribution in [2.75, 3.05) is 26.2 Å². The Balaban J connectivity index is 0.00000387. The van der Waals surface area contributed by atoms with Gasteiger partial charge in [-0.3, -0.25) is 14.5 Å². The third-order valence-corrected chi connectivity index (χ3v) is 7.67. The Bertz CT molecular complexity index is 1440. The van der Waals surface area contributed by atoms with Crippen molar-refractivity contribution in [2.45, 2.75) is 45.1 Å². The topological polar surface area (TPSA) is 75.0 Å². The van der Waals surface area contributed by atoms with Gasteiger partial charge in [-0.15, -0.1) is 25.6 Å². The van der Waals surface area contributed by atoms with Crippen molar-refractivity contribution in [3.8, 4) is 5.75 Å². The zero-order valence-electron chi connectivity index (χ0n) is 21.9. The standard InChI is InChI=1S/C28H28F5N3O4.ClH/c29-21-3-1-2-20-19-8-11-35(25(37)16-34-9-6-17(7-10-34)13-26(38)39)15-23(19)36(27(20)21)14-18-4-5-24(22(30)12-18)40-28(31,32)33;/h1-5,12,17H,6-11,13-16H2,(H,38,39);1H. The minimum absolute atomic E-state index is 0. The molecule has 0 radical (unpaired) electrons. The summed E-state index contributed by atoms with van der Waals surface area (Å²) in [5, 5.41) is 9.69. The first-order valence-corrected chi connectivity index (χ1v) is 13.0. The number of rotatable bonds is 7. The fourth-order valence-corrected chi connectivity index (χ4v) is 5.76. The first kappa shape index (κ1) is 30.6. The Morgan fingerprint density at radius 2 is 1.76 bits per heavy atom. The van der Waals surface area contributed by atoms with E-state index in [1.54, 1.807) is 21.6 Å². The van der Waals surface area contributed by atoms with Crippen LogP contribution in [0.25, 0.3) is 10.9 Å². The van der Waals surface area contributed by atoms with Gasteiger partial charge in [-0.25, -0.2) is 8.78 Å². The summed E-state index contributed by atoms with van der Waals surface area (Å²) in [6, 6.07) is 7.80. The largest absolute Gasteiger partial charge is 0.573 e. The molecular formula is C28H29ClF5N3O4. The summed E-state index contributed by atoms with van der Waals surface area (Å²) in [5.74, 6) is -3.45. The molecule has 0 bridgehead atoms. The first-order valence-electron chi connectivity index (χ1n) is 13.0. The van der Waals surface area contributed by atoms with Gasteiger partial charge in [-0.1, -0.05) is 18.2 Å². The Morgan fingerprint density at radius 1 is 1.02 bits per heavy atom. The van der Waals surface area contributed by atoms with Crippen LogP contribution in [0.1, 0.15) is 36.1 Å². The molecule has 0 unspecified atom stereocenters. The molecule has 0 spiro atoms. The van der Waals surface area contributed by atoms with Crippen LogP contribution in [0.15, 0.2) is 36.4 Å². The second-order valence-electron chi connectivity index (χ2n) is 10.3. The van der Waals surface area contributed by atoms with E-state index in [4.69, 9.17) is 5.11 Å². The lowest BCUT2D eigenvalue weighted by atomic mass is 9.93. The molecule has 41 heavy (non-hydrogen) atoms. The van der Waals surface area contributed by atoms with E-state index in [9.17, 15) is 27.2 Å². The summed E-state index contributed by atoms with van der Waals surface area (Å²) in [6.45, 7) is 2.08. The molecule has 2 aliphatic heterocycles. The number of carbonyl (C=O) groups excluding carboxylic acids is 1. The van der Waals surface area contributed by atoms with Gasteiger partial charge in [0, 0.05) is 30.6 Å². The normalized spacial score (nSPS) is 16.4. The smallest absolute Gasteiger partial charge is 0.481 e. The van der Waals surface area contributed by atoms with Crippen molar-refractivity contribution in [3.63, 3.8) is 0 Å². The maximum absolute atomic E-state index is 15.1. The number of aromatic nitrogens is 1. The number of nitrogens with zero attached hydrogens (tertiary/aromatic N) is 3. The van der Waals surface area contributed by atoms with Crippen LogP contribution >= 0.6 is 12.4 Å². The maximum atomic E-state index is 15.1. The monoisotopic (exact) mass is 601 g/mol. The van der Waals surface area contributed by atoms with Gasteiger partial charge in [0.05, 0.1) is 18.6 Å². The third kappa shape index (κ3) is 6.92. The lowest BCUT2D eigenvalue weighted by molar-refractivity contribution is -0.275. The van der Waals surface area contributed by atoms with Crippen LogP contribution in [0.2, 0.25) is 0 Å². The Kier molecular flexibility index (Phi) is 9.13. The Hall–Kier alpha value is -3.38. The fourth-order valence-electron chi connectivity index (χ4n) is 5.76. The minimum Gasteiger partial charge on any atom is -0.481 e. The van der Waals surface area contributed by atoms with Crippen LogP contribution in [-0.2, 0) is 29.1 Å². The maximum Gasteiger partial charge on any atom is 0.573 e. The average Bonchev–Trinajstić information content (AvgIpc) is 3.20. The number of benzene rings is 2. The highest BCUT2D eigenvalue weighted by Gasteiger charge is 2.33. The van der Waals surface area contributed by atoms with Crippen LogP contribution < -0.4 is 4.74 Å². The highest BCUT2D eigenvalue weighted by molar-refractivity contribution is 5.87. The predicted octanol–water partition coefficient (Wildman–Crippen LogP) is 5.36. The number of ether oxygens (including phenoxy) is 1. The summed E-state index contributed by atoms with van der Waals surface area (Å²) in [6.07, 6.45) is -3.01. The number of carboxylic acids is 1. The van der Waals surface area contributed by atoms with Crippen molar-refractivity contribution in [2.24, 2.45) is 5.92 Å². The van der Waals surface area contributed by atoms with Crippen LogP contribution in [0.5, 0.6) is 5.75 Å². The van der Waals surface area contributed by atoms with Gasteiger partial charge >= 0.3 is 12.3 Å². The highest BCUT2D eigenvalue weighted by Crippen LogP contribution is 2.34. The number of carbonyl (C=O) groups is 2. The summed E-state index contributed by atoms with van der Waals surface area (Å²) in [4.78, 5) is 27.9. The number of aliphatic carboxylic acids is 1. The summed E-state index contributed by atoms with van der Waals surface area (Å²) < 4.78 is 72.5. The number of fused-ring (bicyclic) bond motifs is 3. The van der Waals surface area contributed by atoms with E-state index in [0.717, 1.165) is 17.7 Å². The molecule has 0 saturated carbocycles. The SMILES string of the molecule is Cl.O=C(O)CC1CCN(CC(=O)N2CCc3c(n(Cc4ccc(OC(F)(F)F)c(F)c4)c4c(F)cccc34)C2)CC1. The molecule has 0 atom stereocenters. The Morgan fingerprint density at radius 3 is 2.41 bits per heavy atom. The Labute approximate surface area is 238 Å². The minimum atomic E-state index is -5.04. The van der Waals surface area contributed by atoms with Crippen LogP contribution in [0.4, 0.5) is 22.0 Å². The molecule has 13 heteroatoms. The molecule has 0 aliphatic carbocycles. The second-order valence-corrected chi connectivity index (χ2v) is 10.3. The summed E-state index contributed by atoms with van der Waals surface area (Å²) in [7, 11) is 0. The summed E-state index contributed by atoms with van der Waals surface area (Å²) in [5.41, 5.74) is 2.17. The van der Waals surface area contributed by atoms with Crippen molar-refractivity contribution in [1.29, 1.82) is 0 Å². The van der Waals surface area contributed by atoms with Gasteiger partial charge in [0.2, 0.25) is 5.91 Å². The van der Waals surface area contributed by atoms with E-state index >= 15 is 4.39 Å². The van der Waals surface area contributed by atoms with Crippen molar-refractivity contribution in [1.82, 2.24) is 14.4 Å². The lowest BCUT2D eigenvalue weighted by Crippen LogP contribution is -2.45. The number of piperidine rings is 1. The zero-order chi connectivity index (χ0) is 28.6. The molecule has 1 saturated heterocycles. The van der Waals surface area contributed by atoms with Gasteiger partial charge < -0.3 is 19.3 Å². The zero-order valence-corrected chi connectivity index (χ0v) is 22.7. The van der Waals surface area contributed by atoms with E-state index in [1.165, 1.54) is 12.1 Å². The van der Waals surface area contributed by atoms with E-state index in [1.807, 2.05) is 4.90 Å². The second kappa shape index (κ2) is 12.2. The number of hydrogen-bond donors (Lipinski definition) is 1. The highest BCUT2D eigenvalue weighted by atomic mass is 35.5. The number of likely N-dealkylation sites (tertiary alicyclic amines) is 1. The molecule has 3 aromatic rings. The van der Waals surface area contributed by atoms with E-state index in [-0.39, 0.29) is 50.3 Å². The van der Waals surface area contributed by atoms with E-state index in [0.29, 0.717) is 61.1 Å². The molecule has 7 nitrogen and oxygen atoms in total. The number of carboxylic acid groups (broad SMARTS) is 1. The summed E-state index contributed by atoms with van der Waals surface area (Å²) >= 11 is 0. The molecule has 1 fully saturated rings. The number of hydrogen-bond acceptors (Lipinski definition) is 4. The van der Waals surface area contributed by atoms with Crippen LogP contribution in [0.3, 0.4) is 0 Å².